The number of aromatic amines is 1. The summed E-state index contributed by atoms with van der Waals surface area (Å²) in [7, 11) is 0. The molecule has 2 amide bonds. The van der Waals surface area contributed by atoms with E-state index in [1.54, 1.807) is 17.5 Å². The van der Waals surface area contributed by atoms with Gasteiger partial charge in [0, 0.05) is 22.7 Å². The predicted octanol–water partition coefficient (Wildman–Crippen LogP) is 3.65. The standard InChI is InChI=1S/C17H19N5OS/c1-11(16-12(2)19-10-24-16)13-3-5-14(6-4-13)21-17(23)18-9-15-7-8-20-22-15/h3-8,10-11H,9H2,1-2H3,(H,20,22)(H2,18,21,23)/t11-/m0/s1. The predicted molar refractivity (Wildman–Crippen MR) is 95.3 cm³/mol. The van der Waals surface area contributed by atoms with Gasteiger partial charge in [0.15, 0.2) is 0 Å². The highest BCUT2D eigenvalue weighted by atomic mass is 32.1. The molecule has 1 atom stereocenters. The molecular weight excluding hydrogens is 322 g/mol. The van der Waals surface area contributed by atoms with E-state index in [2.05, 4.69) is 32.7 Å². The molecule has 0 aliphatic heterocycles. The van der Waals surface area contributed by atoms with Crippen LogP contribution in [-0.2, 0) is 6.54 Å². The summed E-state index contributed by atoms with van der Waals surface area (Å²) in [4.78, 5) is 17.5. The third-order valence-corrected chi connectivity index (χ3v) is 4.96. The fourth-order valence-electron chi connectivity index (χ4n) is 2.47. The number of anilines is 1. The second kappa shape index (κ2) is 7.27. The van der Waals surface area contributed by atoms with Crippen LogP contribution in [0.5, 0.6) is 0 Å². The molecular formula is C17H19N5OS. The number of hydrogen-bond acceptors (Lipinski definition) is 4. The van der Waals surface area contributed by atoms with Crippen molar-refractivity contribution in [3.63, 3.8) is 0 Å². The third kappa shape index (κ3) is 3.80. The van der Waals surface area contributed by atoms with Gasteiger partial charge in [0.25, 0.3) is 0 Å². The molecule has 3 N–H and O–H groups in total. The number of rotatable bonds is 5. The van der Waals surface area contributed by atoms with Crippen molar-refractivity contribution in [1.29, 1.82) is 0 Å². The molecule has 0 aliphatic carbocycles. The van der Waals surface area contributed by atoms with Gasteiger partial charge in [-0.25, -0.2) is 9.78 Å². The lowest BCUT2D eigenvalue weighted by molar-refractivity contribution is 0.251. The van der Waals surface area contributed by atoms with Crippen LogP contribution in [0.15, 0.2) is 42.0 Å². The maximum absolute atomic E-state index is 11.9. The molecule has 0 saturated heterocycles. The van der Waals surface area contributed by atoms with Crippen molar-refractivity contribution in [3.05, 3.63) is 63.9 Å². The zero-order chi connectivity index (χ0) is 16.9. The number of H-pyrrole nitrogens is 1. The average molecular weight is 341 g/mol. The minimum absolute atomic E-state index is 0.247. The second-order valence-corrected chi connectivity index (χ2v) is 6.42. The van der Waals surface area contributed by atoms with E-state index in [0.717, 1.165) is 17.1 Å². The van der Waals surface area contributed by atoms with Crippen molar-refractivity contribution in [2.24, 2.45) is 0 Å². The first kappa shape index (κ1) is 16.2. The van der Waals surface area contributed by atoms with Crippen LogP contribution in [0.2, 0.25) is 0 Å². The highest BCUT2D eigenvalue weighted by Crippen LogP contribution is 2.30. The van der Waals surface area contributed by atoms with E-state index in [4.69, 9.17) is 0 Å². The van der Waals surface area contributed by atoms with Crippen LogP contribution >= 0.6 is 11.3 Å². The maximum atomic E-state index is 11.9. The zero-order valence-electron chi connectivity index (χ0n) is 13.5. The molecule has 3 rings (SSSR count). The number of nitrogens with zero attached hydrogens (tertiary/aromatic N) is 2. The van der Waals surface area contributed by atoms with Crippen LogP contribution in [0, 0.1) is 6.92 Å². The second-order valence-electron chi connectivity index (χ2n) is 5.54. The Morgan fingerprint density at radius 3 is 2.71 bits per heavy atom. The van der Waals surface area contributed by atoms with Gasteiger partial charge in [0.05, 0.1) is 23.4 Å². The number of amides is 2. The first-order valence-electron chi connectivity index (χ1n) is 7.66. The molecule has 1 aromatic carbocycles. The van der Waals surface area contributed by atoms with Gasteiger partial charge in [-0.05, 0) is 30.7 Å². The topological polar surface area (TPSA) is 82.7 Å². The molecule has 3 aromatic rings. The lowest BCUT2D eigenvalue weighted by atomic mass is 9.98. The Morgan fingerprint density at radius 1 is 1.29 bits per heavy atom. The van der Waals surface area contributed by atoms with Crippen molar-refractivity contribution in [1.82, 2.24) is 20.5 Å². The molecule has 0 unspecified atom stereocenters. The minimum Gasteiger partial charge on any atom is -0.332 e. The first-order valence-corrected chi connectivity index (χ1v) is 8.54. The number of nitrogens with one attached hydrogen (secondary N) is 3. The fourth-order valence-corrected chi connectivity index (χ4v) is 3.35. The number of aryl methyl sites for hydroxylation is 1. The number of hydrogen-bond donors (Lipinski definition) is 3. The molecule has 6 nitrogen and oxygen atoms in total. The van der Waals surface area contributed by atoms with Gasteiger partial charge >= 0.3 is 6.03 Å². The maximum Gasteiger partial charge on any atom is 0.319 e. The molecule has 124 valence electrons. The molecule has 24 heavy (non-hydrogen) atoms. The Hall–Kier alpha value is -2.67. The summed E-state index contributed by atoms with van der Waals surface area (Å²) in [6.07, 6.45) is 1.65. The molecule has 0 bridgehead atoms. The molecule has 0 aliphatic rings. The molecule has 2 heterocycles. The van der Waals surface area contributed by atoms with Crippen LogP contribution in [-0.4, -0.2) is 21.2 Å². The summed E-state index contributed by atoms with van der Waals surface area (Å²) < 4.78 is 0. The van der Waals surface area contributed by atoms with Gasteiger partial charge in [0.1, 0.15) is 0 Å². The number of benzene rings is 1. The van der Waals surface area contributed by atoms with Crippen LogP contribution < -0.4 is 10.6 Å². The molecule has 0 saturated carbocycles. The fraction of sp³-hybridized carbons (Fsp3) is 0.235. The highest BCUT2D eigenvalue weighted by molar-refractivity contribution is 7.09. The minimum atomic E-state index is -0.247. The van der Waals surface area contributed by atoms with E-state index in [1.807, 2.05) is 42.8 Å². The zero-order valence-corrected chi connectivity index (χ0v) is 14.4. The third-order valence-electron chi connectivity index (χ3n) is 3.84. The quantitative estimate of drug-likeness (QED) is 0.662. The average Bonchev–Trinajstić information content (AvgIpc) is 3.24. The normalized spacial score (nSPS) is 11.9. The lowest BCUT2D eigenvalue weighted by Crippen LogP contribution is -2.28. The smallest absolute Gasteiger partial charge is 0.319 e. The first-order chi connectivity index (χ1) is 11.6. The largest absolute Gasteiger partial charge is 0.332 e. The van der Waals surface area contributed by atoms with Crippen molar-refractivity contribution in [2.45, 2.75) is 26.3 Å². The Morgan fingerprint density at radius 2 is 2.08 bits per heavy atom. The van der Waals surface area contributed by atoms with Gasteiger partial charge in [0.2, 0.25) is 0 Å². The van der Waals surface area contributed by atoms with E-state index in [0.29, 0.717) is 12.5 Å². The molecule has 0 radical (unpaired) electrons. The van der Waals surface area contributed by atoms with Gasteiger partial charge < -0.3 is 10.6 Å². The number of urea groups is 1. The van der Waals surface area contributed by atoms with Gasteiger partial charge in [-0.2, -0.15) is 5.10 Å². The Kier molecular flexibility index (Phi) is 4.90. The lowest BCUT2D eigenvalue weighted by Gasteiger charge is -2.12. The number of thiazole rings is 1. The molecule has 0 fully saturated rings. The number of carbonyl (C=O) groups is 1. The van der Waals surface area contributed by atoms with E-state index in [-0.39, 0.29) is 6.03 Å². The SMILES string of the molecule is Cc1ncsc1[C@@H](C)c1ccc(NC(=O)NCc2ccn[nH]2)cc1. The summed E-state index contributed by atoms with van der Waals surface area (Å²) in [5.74, 6) is 0.292. The van der Waals surface area contributed by atoms with Crippen molar-refractivity contribution in [2.75, 3.05) is 5.32 Å². The van der Waals surface area contributed by atoms with Crippen LogP contribution in [0.4, 0.5) is 10.5 Å². The molecule has 2 aromatic heterocycles. The van der Waals surface area contributed by atoms with Gasteiger partial charge in [-0.3, -0.25) is 5.10 Å². The number of carbonyl (C=O) groups excluding carboxylic acids is 1. The summed E-state index contributed by atoms with van der Waals surface area (Å²) in [5, 5.41) is 12.2. The number of aromatic nitrogens is 3. The van der Waals surface area contributed by atoms with Crippen LogP contribution in [0.3, 0.4) is 0 Å². The molecule has 0 spiro atoms. The Labute approximate surface area is 144 Å². The van der Waals surface area contributed by atoms with Crippen molar-refractivity contribution in [3.8, 4) is 0 Å². The van der Waals surface area contributed by atoms with E-state index in [1.165, 1.54) is 10.4 Å². The summed E-state index contributed by atoms with van der Waals surface area (Å²) in [5.41, 5.74) is 5.77. The van der Waals surface area contributed by atoms with E-state index in [9.17, 15) is 4.79 Å². The van der Waals surface area contributed by atoms with E-state index >= 15 is 0 Å². The Balaban J connectivity index is 1.58. The van der Waals surface area contributed by atoms with Crippen LogP contribution in [0.25, 0.3) is 0 Å². The summed E-state index contributed by atoms with van der Waals surface area (Å²) >= 11 is 1.67. The van der Waals surface area contributed by atoms with Gasteiger partial charge in [-0.15, -0.1) is 11.3 Å². The molecule has 7 heteroatoms. The summed E-state index contributed by atoms with van der Waals surface area (Å²) in [6.45, 7) is 4.61. The van der Waals surface area contributed by atoms with Crippen molar-refractivity contribution < 1.29 is 4.79 Å². The summed E-state index contributed by atoms with van der Waals surface area (Å²) in [6, 6.07) is 9.47. The van der Waals surface area contributed by atoms with Crippen LogP contribution in [0.1, 0.15) is 34.7 Å². The van der Waals surface area contributed by atoms with Gasteiger partial charge in [-0.1, -0.05) is 19.1 Å². The highest BCUT2D eigenvalue weighted by Gasteiger charge is 2.13. The Bertz CT molecular complexity index is 795. The van der Waals surface area contributed by atoms with Crippen molar-refractivity contribution >= 4 is 23.1 Å². The van der Waals surface area contributed by atoms with E-state index < -0.39 is 0 Å². The monoisotopic (exact) mass is 341 g/mol.